The Morgan fingerprint density at radius 1 is 1.32 bits per heavy atom. The molecule has 0 atom stereocenters. The maximum Gasteiger partial charge on any atom is 0.165 e. The SMILES string of the molecule is Cc1cccc(-c2nnc(CO)n2CC(C)C)c1Br. The lowest BCUT2D eigenvalue weighted by atomic mass is 10.1. The Balaban J connectivity index is 2.55. The topological polar surface area (TPSA) is 50.9 Å². The van der Waals surface area contributed by atoms with E-state index in [1.54, 1.807) is 0 Å². The summed E-state index contributed by atoms with van der Waals surface area (Å²) in [6.07, 6.45) is 0. The minimum absolute atomic E-state index is 0.0941. The molecule has 0 amide bonds. The zero-order chi connectivity index (χ0) is 14.0. The molecule has 5 heteroatoms. The van der Waals surface area contributed by atoms with E-state index < -0.39 is 0 Å². The third-order valence-corrected chi connectivity index (χ3v) is 4.00. The van der Waals surface area contributed by atoms with Crippen molar-refractivity contribution in [1.82, 2.24) is 14.8 Å². The van der Waals surface area contributed by atoms with E-state index >= 15 is 0 Å². The Labute approximate surface area is 121 Å². The Morgan fingerprint density at radius 3 is 2.68 bits per heavy atom. The highest BCUT2D eigenvalue weighted by Crippen LogP contribution is 2.30. The molecule has 0 bridgehead atoms. The third kappa shape index (κ3) is 2.87. The van der Waals surface area contributed by atoms with Gasteiger partial charge in [-0.15, -0.1) is 10.2 Å². The minimum Gasteiger partial charge on any atom is -0.388 e. The molecule has 1 heterocycles. The van der Waals surface area contributed by atoms with Crippen molar-refractivity contribution in [3.63, 3.8) is 0 Å². The van der Waals surface area contributed by atoms with Crippen molar-refractivity contribution in [2.24, 2.45) is 5.92 Å². The number of aliphatic hydroxyl groups excluding tert-OH is 1. The van der Waals surface area contributed by atoms with Crippen LogP contribution in [0.15, 0.2) is 22.7 Å². The normalized spacial score (nSPS) is 11.3. The Hall–Kier alpha value is -1.20. The summed E-state index contributed by atoms with van der Waals surface area (Å²) in [6.45, 7) is 7.01. The highest BCUT2D eigenvalue weighted by molar-refractivity contribution is 9.10. The van der Waals surface area contributed by atoms with Gasteiger partial charge in [-0.2, -0.15) is 0 Å². The van der Waals surface area contributed by atoms with Gasteiger partial charge in [-0.3, -0.25) is 0 Å². The Bertz CT molecular complexity index is 578. The van der Waals surface area contributed by atoms with Gasteiger partial charge in [0.25, 0.3) is 0 Å². The van der Waals surface area contributed by atoms with Crippen LogP contribution < -0.4 is 0 Å². The highest BCUT2D eigenvalue weighted by Gasteiger charge is 2.16. The monoisotopic (exact) mass is 323 g/mol. The summed E-state index contributed by atoms with van der Waals surface area (Å²) >= 11 is 3.60. The van der Waals surface area contributed by atoms with E-state index in [9.17, 15) is 5.11 Å². The molecule has 0 saturated carbocycles. The molecule has 1 aromatic carbocycles. The molecule has 1 N–H and O–H groups in total. The largest absolute Gasteiger partial charge is 0.388 e. The summed E-state index contributed by atoms with van der Waals surface area (Å²) in [4.78, 5) is 0. The van der Waals surface area contributed by atoms with Crippen molar-refractivity contribution in [3.8, 4) is 11.4 Å². The Morgan fingerprint density at radius 2 is 2.05 bits per heavy atom. The van der Waals surface area contributed by atoms with E-state index in [4.69, 9.17) is 0 Å². The number of halogens is 1. The van der Waals surface area contributed by atoms with Crippen molar-refractivity contribution in [1.29, 1.82) is 0 Å². The van der Waals surface area contributed by atoms with Gasteiger partial charge in [-0.25, -0.2) is 0 Å². The first-order valence-corrected chi connectivity index (χ1v) is 7.12. The predicted octanol–water partition coefficient (Wildman–Crippen LogP) is 3.16. The predicted molar refractivity (Wildman–Crippen MR) is 78.7 cm³/mol. The first-order valence-electron chi connectivity index (χ1n) is 6.33. The molecule has 2 aromatic rings. The summed E-state index contributed by atoms with van der Waals surface area (Å²) in [5.41, 5.74) is 2.16. The number of benzene rings is 1. The molecule has 2 rings (SSSR count). The van der Waals surface area contributed by atoms with Crippen LogP contribution in [0.3, 0.4) is 0 Å². The maximum atomic E-state index is 9.38. The molecule has 0 aliphatic heterocycles. The molecule has 0 spiro atoms. The lowest BCUT2D eigenvalue weighted by molar-refractivity contribution is 0.262. The molecule has 1 aromatic heterocycles. The molecule has 0 saturated heterocycles. The summed E-state index contributed by atoms with van der Waals surface area (Å²) in [5, 5.41) is 17.7. The van der Waals surface area contributed by atoms with Crippen molar-refractivity contribution in [3.05, 3.63) is 34.1 Å². The van der Waals surface area contributed by atoms with Crippen molar-refractivity contribution >= 4 is 15.9 Å². The average Bonchev–Trinajstić information content (AvgIpc) is 2.75. The van der Waals surface area contributed by atoms with Crippen molar-refractivity contribution in [2.45, 2.75) is 33.9 Å². The van der Waals surface area contributed by atoms with E-state index in [0.717, 1.165) is 28.0 Å². The van der Waals surface area contributed by atoms with Gasteiger partial charge in [-0.05, 0) is 34.3 Å². The van der Waals surface area contributed by atoms with Crippen LogP contribution in [0.1, 0.15) is 25.2 Å². The number of hydrogen-bond acceptors (Lipinski definition) is 3. The van der Waals surface area contributed by atoms with Crippen molar-refractivity contribution < 1.29 is 5.11 Å². The van der Waals surface area contributed by atoms with Crippen LogP contribution in [-0.4, -0.2) is 19.9 Å². The second-order valence-corrected chi connectivity index (χ2v) is 5.83. The van der Waals surface area contributed by atoms with Crippen LogP contribution in [0, 0.1) is 12.8 Å². The summed E-state index contributed by atoms with van der Waals surface area (Å²) in [6, 6.07) is 6.06. The van der Waals surface area contributed by atoms with Gasteiger partial charge < -0.3 is 9.67 Å². The van der Waals surface area contributed by atoms with E-state index in [1.807, 2.05) is 29.7 Å². The quantitative estimate of drug-likeness (QED) is 0.940. The van der Waals surface area contributed by atoms with Crippen molar-refractivity contribution in [2.75, 3.05) is 0 Å². The minimum atomic E-state index is -0.0941. The molecule has 0 unspecified atom stereocenters. The fourth-order valence-electron chi connectivity index (χ4n) is 2.03. The summed E-state index contributed by atoms with van der Waals surface area (Å²) in [5.74, 6) is 1.87. The molecule has 19 heavy (non-hydrogen) atoms. The molecular formula is C14H18BrN3O. The lowest BCUT2D eigenvalue weighted by Crippen LogP contribution is -2.10. The molecule has 4 nitrogen and oxygen atoms in total. The van der Waals surface area contributed by atoms with Crippen LogP contribution in [0.5, 0.6) is 0 Å². The second kappa shape index (κ2) is 5.84. The maximum absolute atomic E-state index is 9.38. The van der Waals surface area contributed by atoms with E-state index in [-0.39, 0.29) is 6.61 Å². The standard InChI is InChI=1S/C14H18BrN3O/c1-9(2)7-18-12(8-19)16-17-14(18)11-6-4-5-10(3)13(11)15/h4-6,9,19H,7-8H2,1-3H3. The van der Waals surface area contributed by atoms with Gasteiger partial charge in [0.1, 0.15) is 6.61 Å². The number of rotatable bonds is 4. The van der Waals surface area contributed by atoms with Gasteiger partial charge in [-0.1, -0.05) is 32.0 Å². The third-order valence-electron chi connectivity index (χ3n) is 2.95. The van der Waals surface area contributed by atoms with Crippen LogP contribution in [-0.2, 0) is 13.2 Å². The fourth-order valence-corrected chi connectivity index (χ4v) is 2.47. The highest BCUT2D eigenvalue weighted by atomic mass is 79.9. The second-order valence-electron chi connectivity index (χ2n) is 5.04. The molecule has 102 valence electrons. The number of aryl methyl sites for hydroxylation is 1. The molecule has 0 fully saturated rings. The van der Waals surface area contributed by atoms with Crippen LogP contribution >= 0.6 is 15.9 Å². The van der Waals surface area contributed by atoms with Crippen LogP contribution in [0.25, 0.3) is 11.4 Å². The molecular weight excluding hydrogens is 306 g/mol. The summed E-state index contributed by atoms with van der Waals surface area (Å²) in [7, 11) is 0. The molecule has 0 radical (unpaired) electrons. The van der Waals surface area contributed by atoms with Gasteiger partial charge in [0.15, 0.2) is 11.6 Å². The Kier molecular flexibility index (Phi) is 4.37. The zero-order valence-corrected chi connectivity index (χ0v) is 13.0. The van der Waals surface area contributed by atoms with E-state index in [2.05, 4.69) is 40.0 Å². The zero-order valence-electron chi connectivity index (χ0n) is 11.4. The van der Waals surface area contributed by atoms with E-state index in [1.165, 1.54) is 0 Å². The van der Waals surface area contributed by atoms with Crippen LogP contribution in [0.4, 0.5) is 0 Å². The number of aliphatic hydroxyl groups is 1. The fraction of sp³-hybridized carbons (Fsp3) is 0.429. The molecule has 0 aliphatic rings. The van der Waals surface area contributed by atoms with Gasteiger partial charge >= 0.3 is 0 Å². The number of hydrogen-bond donors (Lipinski definition) is 1. The number of aromatic nitrogens is 3. The molecule has 0 aliphatic carbocycles. The summed E-state index contributed by atoms with van der Waals surface area (Å²) < 4.78 is 3.02. The first kappa shape index (κ1) is 14.2. The first-order chi connectivity index (χ1) is 9.04. The van der Waals surface area contributed by atoms with E-state index in [0.29, 0.717) is 11.7 Å². The van der Waals surface area contributed by atoms with Gasteiger partial charge in [0, 0.05) is 16.6 Å². The van der Waals surface area contributed by atoms with Gasteiger partial charge in [0.2, 0.25) is 0 Å². The van der Waals surface area contributed by atoms with Gasteiger partial charge in [0.05, 0.1) is 0 Å². The lowest BCUT2D eigenvalue weighted by Gasteiger charge is -2.13. The number of nitrogens with zero attached hydrogens (tertiary/aromatic N) is 3. The van der Waals surface area contributed by atoms with Crippen LogP contribution in [0.2, 0.25) is 0 Å². The smallest absolute Gasteiger partial charge is 0.165 e. The average molecular weight is 324 g/mol.